The van der Waals surface area contributed by atoms with Crippen LogP contribution in [0.15, 0.2) is 48.7 Å². The summed E-state index contributed by atoms with van der Waals surface area (Å²) in [6, 6.07) is 9.67. The molecule has 0 fully saturated rings. The number of pyridine rings is 1. The summed E-state index contributed by atoms with van der Waals surface area (Å²) in [4.78, 5) is 16.9. The number of ether oxygens (including phenoxy) is 1. The predicted octanol–water partition coefficient (Wildman–Crippen LogP) is 4.88. The molecule has 33 heavy (non-hydrogen) atoms. The van der Waals surface area contributed by atoms with E-state index in [1.807, 2.05) is 0 Å². The predicted molar refractivity (Wildman–Crippen MR) is 113 cm³/mol. The first-order chi connectivity index (χ1) is 15.5. The van der Waals surface area contributed by atoms with Crippen LogP contribution in [-0.2, 0) is 6.61 Å². The number of rotatable bonds is 8. The first kappa shape index (κ1) is 24.4. The molecule has 3 aromatic rings. The maximum atomic E-state index is 13.9. The van der Waals surface area contributed by atoms with Gasteiger partial charge in [0.05, 0.1) is 11.1 Å². The Morgan fingerprint density at radius 3 is 2.39 bits per heavy atom. The van der Waals surface area contributed by atoms with E-state index in [4.69, 9.17) is 10.5 Å². The number of amides is 1. The van der Waals surface area contributed by atoms with Gasteiger partial charge in [-0.05, 0) is 37.6 Å². The number of nitrogens with one attached hydrogen (secondary N) is 1. The fraction of sp³-hybridized carbons (Fsp3) is 0.304. The third kappa shape index (κ3) is 6.38. The number of alkyl halides is 3. The SMILES string of the molecule is CC(N)(CCC(F)(F)F)CNC(=O)c1ccnc2c(OCc3c(F)cccc3F)cccc12. The Labute approximate surface area is 186 Å². The molecular formula is C23H22F5N3O2. The van der Waals surface area contributed by atoms with Gasteiger partial charge >= 0.3 is 6.18 Å². The highest BCUT2D eigenvalue weighted by atomic mass is 19.4. The molecule has 1 aromatic heterocycles. The molecule has 1 amide bonds. The van der Waals surface area contributed by atoms with Crippen LogP contribution in [0.2, 0.25) is 0 Å². The van der Waals surface area contributed by atoms with Crippen LogP contribution in [0.25, 0.3) is 10.9 Å². The molecule has 0 aliphatic carbocycles. The van der Waals surface area contributed by atoms with Gasteiger partial charge in [-0.15, -0.1) is 0 Å². The van der Waals surface area contributed by atoms with Crippen LogP contribution in [0.3, 0.4) is 0 Å². The summed E-state index contributed by atoms with van der Waals surface area (Å²) in [5, 5.41) is 2.96. The van der Waals surface area contributed by atoms with Gasteiger partial charge in [0.25, 0.3) is 5.91 Å². The molecule has 1 atom stereocenters. The summed E-state index contributed by atoms with van der Waals surface area (Å²) in [5.41, 5.74) is 4.88. The fourth-order valence-corrected chi connectivity index (χ4v) is 3.18. The molecule has 5 nitrogen and oxygen atoms in total. The van der Waals surface area contributed by atoms with Crippen molar-refractivity contribution in [1.82, 2.24) is 10.3 Å². The molecule has 0 radical (unpaired) electrons. The molecule has 0 saturated carbocycles. The monoisotopic (exact) mass is 467 g/mol. The summed E-state index contributed by atoms with van der Waals surface area (Å²) in [6.07, 6.45) is -4.39. The van der Waals surface area contributed by atoms with Gasteiger partial charge in [0.15, 0.2) is 0 Å². The Balaban J connectivity index is 1.76. The van der Waals surface area contributed by atoms with Crippen LogP contribution in [0.4, 0.5) is 22.0 Å². The lowest BCUT2D eigenvalue weighted by Gasteiger charge is -2.25. The second-order valence-corrected chi connectivity index (χ2v) is 7.95. The van der Waals surface area contributed by atoms with Crippen molar-refractivity contribution < 1.29 is 31.5 Å². The number of halogens is 5. The summed E-state index contributed by atoms with van der Waals surface area (Å²) >= 11 is 0. The molecule has 0 saturated heterocycles. The number of hydrogen-bond donors (Lipinski definition) is 2. The van der Waals surface area contributed by atoms with E-state index in [9.17, 15) is 26.7 Å². The standard InChI is InChI=1S/C23H22F5N3O2/c1-22(29,9-10-23(26,27)28)13-31-21(32)15-8-11-30-20-14(15)4-2-7-19(20)33-12-16-17(24)5-3-6-18(16)25/h2-8,11H,9-10,12-13,29H2,1H3,(H,31,32). The molecule has 3 rings (SSSR count). The minimum absolute atomic E-state index is 0.172. The summed E-state index contributed by atoms with van der Waals surface area (Å²) in [7, 11) is 0. The number of fused-ring (bicyclic) bond motifs is 1. The lowest BCUT2D eigenvalue weighted by Crippen LogP contribution is -2.48. The third-order valence-electron chi connectivity index (χ3n) is 5.04. The molecule has 1 heterocycles. The highest BCUT2D eigenvalue weighted by molar-refractivity contribution is 6.07. The van der Waals surface area contributed by atoms with Gasteiger partial charge in [0.2, 0.25) is 0 Å². The number of carbonyl (C=O) groups is 1. The molecule has 0 bridgehead atoms. The lowest BCUT2D eigenvalue weighted by molar-refractivity contribution is -0.137. The lowest BCUT2D eigenvalue weighted by atomic mass is 9.96. The summed E-state index contributed by atoms with van der Waals surface area (Å²) in [6.45, 7) is 0.867. The number of carbonyl (C=O) groups excluding carboxylic acids is 1. The fourth-order valence-electron chi connectivity index (χ4n) is 3.18. The van der Waals surface area contributed by atoms with Gasteiger partial charge in [-0.3, -0.25) is 9.78 Å². The zero-order chi connectivity index (χ0) is 24.2. The number of hydrogen-bond acceptors (Lipinski definition) is 4. The van der Waals surface area contributed by atoms with Crippen LogP contribution in [0.5, 0.6) is 5.75 Å². The first-order valence-corrected chi connectivity index (χ1v) is 10.0. The molecule has 2 aromatic carbocycles. The van der Waals surface area contributed by atoms with E-state index in [-0.39, 0.29) is 42.0 Å². The molecular weight excluding hydrogens is 445 g/mol. The minimum atomic E-state index is -4.34. The quantitative estimate of drug-likeness (QED) is 0.463. The van der Waals surface area contributed by atoms with E-state index in [2.05, 4.69) is 10.3 Å². The Bertz CT molecular complexity index is 1130. The van der Waals surface area contributed by atoms with Crippen molar-refractivity contribution in [3.8, 4) is 5.75 Å². The van der Waals surface area contributed by atoms with Crippen LogP contribution in [0.1, 0.15) is 35.7 Å². The first-order valence-electron chi connectivity index (χ1n) is 10.0. The zero-order valence-corrected chi connectivity index (χ0v) is 17.7. The Kier molecular flexibility index (Phi) is 7.16. The number of nitrogens with zero attached hydrogens (tertiary/aromatic N) is 1. The van der Waals surface area contributed by atoms with Crippen molar-refractivity contribution in [2.24, 2.45) is 5.73 Å². The maximum absolute atomic E-state index is 13.9. The van der Waals surface area contributed by atoms with E-state index in [1.165, 1.54) is 25.3 Å². The van der Waals surface area contributed by atoms with Gasteiger partial charge in [-0.1, -0.05) is 18.2 Å². The van der Waals surface area contributed by atoms with Gasteiger partial charge in [-0.25, -0.2) is 8.78 Å². The Hall–Kier alpha value is -3.27. The number of benzene rings is 2. The van der Waals surface area contributed by atoms with Crippen LogP contribution in [-0.4, -0.2) is 29.2 Å². The molecule has 0 aliphatic heterocycles. The highest BCUT2D eigenvalue weighted by Gasteiger charge is 2.31. The van der Waals surface area contributed by atoms with Crippen molar-refractivity contribution in [2.75, 3.05) is 6.54 Å². The van der Waals surface area contributed by atoms with Crippen molar-refractivity contribution in [1.29, 1.82) is 0 Å². The molecule has 3 N–H and O–H groups in total. The largest absolute Gasteiger partial charge is 0.486 e. The Morgan fingerprint density at radius 2 is 1.73 bits per heavy atom. The molecule has 0 aliphatic rings. The average Bonchev–Trinajstić information content (AvgIpc) is 2.75. The van der Waals surface area contributed by atoms with E-state index in [1.54, 1.807) is 18.2 Å². The third-order valence-corrected chi connectivity index (χ3v) is 5.04. The van der Waals surface area contributed by atoms with E-state index in [0.717, 1.165) is 12.1 Å². The average molecular weight is 467 g/mol. The number of nitrogens with two attached hydrogens (primary N) is 1. The van der Waals surface area contributed by atoms with Gasteiger partial charge < -0.3 is 15.8 Å². The zero-order valence-electron chi connectivity index (χ0n) is 17.7. The number of aromatic nitrogens is 1. The number of para-hydroxylation sites is 1. The van der Waals surface area contributed by atoms with Gasteiger partial charge in [0.1, 0.15) is 29.5 Å². The van der Waals surface area contributed by atoms with Crippen molar-refractivity contribution in [3.63, 3.8) is 0 Å². The molecule has 10 heteroatoms. The molecule has 176 valence electrons. The van der Waals surface area contributed by atoms with E-state index < -0.39 is 35.7 Å². The van der Waals surface area contributed by atoms with Gasteiger partial charge in [-0.2, -0.15) is 13.2 Å². The van der Waals surface area contributed by atoms with Crippen molar-refractivity contribution >= 4 is 16.8 Å². The van der Waals surface area contributed by atoms with Crippen LogP contribution < -0.4 is 15.8 Å². The second kappa shape index (κ2) is 9.70. The summed E-state index contributed by atoms with van der Waals surface area (Å²) < 4.78 is 70.8. The maximum Gasteiger partial charge on any atom is 0.389 e. The molecule has 1 unspecified atom stereocenters. The molecule has 0 spiro atoms. The Morgan fingerprint density at radius 1 is 1.06 bits per heavy atom. The normalized spacial score (nSPS) is 13.5. The summed E-state index contributed by atoms with van der Waals surface area (Å²) in [5.74, 6) is -1.85. The van der Waals surface area contributed by atoms with Crippen LogP contribution in [0, 0.1) is 11.6 Å². The van der Waals surface area contributed by atoms with E-state index >= 15 is 0 Å². The van der Waals surface area contributed by atoms with Gasteiger partial charge in [0, 0.05) is 30.1 Å². The second-order valence-electron chi connectivity index (χ2n) is 7.95. The van der Waals surface area contributed by atoms with Crippen molar-refractivity contribution in [3.05, 3.63) is 71.4 Å². The highest BCUT2D eigenvalue weighted by Crippen LogP contribution is 2.28. The smallest absolute Gasteiger partial charge is 0.389 e. The van der Waals surface area contributed by atoms with Crippen LogP contribution >= 0.6 is 0 Å². The van der Waals surface area contributed by atoms with E-state index in [0.29, 0.717) is 5.39 Å². The minimum Gasteiger partial charge on any atom is -0.486 e. The van der Waals surface area contributed by atoms with Crippen molar-refractivity contribution in [2.45, 2.75) is 38.1 Å². The topological polar surface area (TPSA) is 77.2 Å².